The van der Waals surface area contributed by atoms with Gasteiger partial charge in [-0.25, -0.2) is 0 Å². The number of rotatable bonds is 4. The molecule has 3 N–H and O–H groups in total. The van der Waals surface area contributed by atoms with E-state index in [4.69, 9.17) is 5.73 Å². The average molecular weight is 340 g/mol. The minimum absolute atomic E-state index is 0.0311. The minimum atomic E-state index is -0.164. The molecule has 1 heterocycles. The molecule has 0 aliphatic carbocycles. The zero-order valence-corrected chi connectivity index (χ0v) is 13.6. The summed E-state index contributed by atoms with van der Waals surface area (Å²) in [5.41, 5.74) is 7.93. The van der Waals surface area contributed by atoms with Gasteiger partial charge < -0.3 is 16.0 Å². The predicted octanol–water partition coefficient (Wildman–Crippen LogP) is 2.43. The molecule has 2 rings (SSSR count). The first-order valence-corrected chi connectivity index (χ1v) is 7.83. The number of primary amides is 1. The van der Waals surface area contributed by atoms with E-state index in [9.17, 15) is 4.79 Å². The number of nitrogens with one attached hydrogen (secondary N) is 1. The third-order valence-corrected chi connectivity index (χ3v) is 4.62. The van der Waals surface area contributed by atoms with Crippen LogP contribution < -0.4 is 16.0 Å². The van der Waals surface area contributed by atoms with Crippen molar-refractivity contribution in [2.24, 2.45) is 11.7 Å². The van der Waals surface area contributed by atoms with Gasteiger partial charge >= 0.3 is 0 Å². The van der Waals surface area contributed by atoms with Gasteiger partial charge in [0.1, 0.15) is 0 Å². The molecule has 1 aliphatic rings. The molecule has 0 radical (unpaired) electrons. The Morgan fingerprint density at radius 1 is 1.45 bits per heavy atom. The lowest BCUT2D eigenvalue weighted by atomic mass is 9.95. The molecular weight excluding hydrogens is 318 g/mol. The van der Waals surface area contributed by atoms with Crippen LogP contribution in [0.25, 0.3) is 0 Å². The lowest BCUT2D eigenvalue weighted by Crippen LogP contribution is -2.39. The molecule has 1 aliphatic heterocycles. The first-order chi connectivity index (χ1) is 9.52. The van der Waals surface area contributed by atoms with E-state index >= 15 is 0 Å². The van der Waals surface area contributed by atoms with Crippen LogP contribution in [0.1, 0.15) is 31.4 Å². The van der Waals surface area contributed by atoms with Gasteiger partial charge in [0.2, 0.25) is 5.91 Å². The molecular formula is C15H22BrN3O. The molecule has 0 spiro atoms. The molecule has 0 bridgehead atoms. The van der Waals surface area contributed by atoms with Gasteiger partial charge in [-0.3, -0.25) is 4.79 Å². The number of nitrogens with two attached hydrogens (primary N) is 1. The second-order valence-electron chi connectivity index (χ2n) is 5.38. The van der Waals surface area contributed by atoms with Gasteiger partial charge in [-0.2, -0.15) is 0 Å². The van der Waals surface area contributed by atoms with Gasteiger partial charge in [-0.1, -0.05) is 22.0 Å². The molecule has 4 nitrogen and oxygen atoms in total. The number of amides is 1. The highest BCUT2D eigenvalue weighted by molar-refractivity contribution is 9.10. The molecule has 110 valence electrons. The third-order valence-electron chi connectivity index (χ3n) is 4.13. The molecule has 1 unspecified atom stereocenters. The Morgan fingerprint density at radius 3 is 2.65 bits per heavy atom. The average Bonchev–Trinajstić information content (AvgIpc) is 2.46. The van der Waals surface area contributed by atoms with Crippen molar-refractivity contribution in [2.45, 2.75) is 25.8 Å². The maximum absolute atomic E-state index is 11.3. The Balaban J connectivity index is 2.20. The summed E-state index contributed by atoms with van der Waals surface area (Å²) in [4.78, 5) is 13.6. The lowest BCUT2D eigenvalue weighted by molar-refractivity contribution is -0.122. The number of hydrogen-bond acceptors (Lipinski definition) is 3. The van der Waals surface area contributed by atoms with Crippen LogP contribution in [0.15, 0.2) is 22.7 Å². The molecule has 1 aromatic rings. The van der Waals surface area contributed by atoms with Gasteiger partial charge in [0, 0.05) is 35.2 Å². The second-order valence-corrected chi connectivity index (χ2v) is 6.29. The standard InChI is InChI=1S/C15H22BrN3O/c1-10(18-2)13-4-3-12(16)9-14(13)19-7-5-11(6-8-19)15(17)20/h3-4,9-11,18H,5-8H2,1-2H3,(H2,17,20). The van der Waals surface area contributed by atoms with Crippen molar-refractivity contribution in [3.63, 3.8) is 0 Å². The predicted molar refractivity (Wildman–Crippen MR) is 85.7 cm³/mol. The number of halogens is 1. The smallest absolute Gasteiger partial charge is 0.220 e. The van der Waals surface area contributed by atoms with Gasteiger partial charge in [-0.05, 0) is 44.5 Å². The fourth-order valence-electron chi connectivity index (χ4n) is 2.72. The number of carbonyl (C=O) groups is 1. The molecule has 1 amide bonds. The van der Waals surface area contributed by atoms with E-state index in [0.29, 0.717) is 6.04 Å². The van der Waals surface area contributed by atoms with E-state index in [2.05, 4.69) is 51.3 Å². The van der Waals surface area contributed by atoms with Crippen LogP contribution in [0.5, 0.6) is 0 Å². The van der Waals surface area contributed by atoms with E-state index in [1.54, 1.807) is 0 Å². The van der Waals surface area contributed by atoms with Crippen molar-refractivity contribution in [1.29, 1.82) is 0 Å². The van der Waals surface area contributed by atoms with Crippen LogP contribution in [-0.4, -0.2) is 26.0 Å². The van der Waals surface area contributed by atoms with Gasteiger partial charge in [0.15, 0.2) is 0 Å². The largest absolute Gasteiger partial charge is 0.371 e. The van der Waals surface area contributed by atoms with E-state index in [-0.39, 0.29) is 11.8 Å². The Morgan fingerprint density at radius 2 is 2.10 bits per heavy atom. The van der Waals surface area contributed by atoms with E-state index in [1.165, 1.54) is 11.3 Å². The van der Waals surface area contributed by atoms with Crippen LogP contribution in [0.2, 0.25) is 0 Å². The fourth-order valence-corrected chi connectivity index (χ4v) is 3.07. The van der Waals surface area contributed by atoms with Crippen LogP contribution in [0.4, 0.5) is 5.69 Å². The quantitative estimate of drug-likeness (QED) is 0.885. The highest BCUT2D eigenvalue weighted by Crippen LogP contribution is 2.32. The van der Waals surface area contributed by atoms with Crippen molar-refractivity contribution in [2.75, 3.05) is 25.0 Å². The summed E-state index contributed by atoms with van der Waals surface area (Å²) in [6.45, 7) is 3.92. The first-order valence-electron chi connectivity index (χ1n) is 7.04. The van der Waals surface area contributed by atoms with Gasteiger partial charge in [-0.15, -0.1) is 0 Å². The summed E-state index contributed by atoms with van der Waals surface area (Å²) in [7, 11) is 1.97. The summed E-state index contributed by atoms with van der Waals surface area (Å²) in [5, 5.41) is 3.29. The SMILES string of the molecule is CNC(C)c1ccc(Br)cc1N1CCC(C(N)=O)CC1. The second kappa shape index (κ2) is 6.59. The Hall–Kier alpha value is -1.07. The monoisotopic (exact) mass is 339 g/mol. The van der Waals surface area contributed by atoms with Gasteiger partial charge in [0.05, 0.1) is 0 Å². The van der Waals surface area contributed by atoms with E-state index in [0.717, 1.165) is 30.4 Å². The molecule has 1 fully saturated rings. The lowest BCUT2D eigenvalue weighted by Gasteiger charge is -2.34. The van der Waals surface area contributed by atoms with Crippen molar-refractivity contribution >= 4 is 27.5 Å². The number of carbonyl (C=O) groups excluding carboxylic acids is 1. The maximum atomic E-state index is 11.3. The summed E-state index contributed by atoms with van der Waals surface area (Å²) >= 11 is 3.55. The van der Waals surface area contributed by atoms with Crippen LogP contribution in [-0.2, 0) is 4.79 Å². The molecule has 0 saturated carbocycles. The summed E-state index contributed by atoms with van der Waals surface area (Å²) < 4.78 is 1.08. The molecule has 0 aromatic heterocycles. The Kier molecular flexibility index (Phi) is 5.05. The fraction of sp³-hybridized carbons (Fsp3) is 0.533. The van der Waals surface area contributed by atoms with Gasteiger partial charge in [0.25, 0.3) is 0 Å². The summed E-state index contributed by atoms with van der Waals surface area (Å²) in [5.74, 6) is -0.133. The van der Waals surface area contributed by atoms with Crippen LogP contribution in [0, 0.1) is 5.92 Å². The highest BCUT2D eigenvalue weighted by Gasteiger charge is 2.25. The molecule has 5 heteroatoms. The van der Waals surface area contributed by atoms with Crippen molar-refractivity contribution < 1.29 is 4.79 Å². The third kappa shape index (κ3) is 3.33. The van der Waals surface area contributed by atoms with E-state index in [1.807, 2.05) is 7.05 Å². The minimum Gasteiger partial charge on any atom is -0.371 e. The molecule has 20 heavy (non-hydrogen) atoms. The molecule has 1 saturated heterocycles. The van der Waals surface area contributed by atoms with Crippen molar-refractivity contribution in [1.82, 2.24) is 5.32 Å². The summed E-state index contributed by atoms with van der Waals surface area (Å²) in [6, 6.07) is 6.68. The van der Waals surface area contributed by atoms with E-state index < -0.39 is 0 Å². The molecule has 1 aromatic carbocycles. The van der Waals surface area contributed by atoms with Crippen molar-refractivity contribution in [3.8, 4) is 0 Å². The van der Waals surface area contributed by atoms with Crippen LogP contribution in [0.3, 0.4) is 0 Å². The summed E-state index contributed by atoms with van der Waals surface area (Å²) in [6.07, 6.45) is 1.68. The zero-order valence-electron chi connectivity index (χ0n) is 12.0. The Labute approximate surface area is 128 Å². The van der Waals surface area contributed by atoms with Crippen LogP contribution >= 0.6 is 15.9 Å². The first kappa shape index (κ1) is 15.3. The number of hydrogen-bond donors (Lipinski definition) is 2. The number of piperidine rings is 1. The Bertz CT molecular complexity index is 484. The molecule has 1 atom stereocenters. The number of benzene rings is 1. The normalized spacial score (nSPS) is 18.1. The zero-order chi connectivity index (χ0) is 14.7. The van der Waals surface area contributed by atoms with Crippen molar-refractivity contribution in [3.05, 3.63) is 28.2 Å². The number of anilines is 1. The maximum Gasteiger partial charge on any atom is 0.220 e. The highest BCUT2D eigenvalue weighted by atomic mass is 79.9. The topological polar surface area (TPSA) is 58.4 Å². The number of nitrogens with zero attached hydrogens (tertiary/aromatic N) is 1.